The van der Waals surface area contributed by atoms with Gasteiger partial charge in [0.1, 0.15) is 6.21 Å². The Morgan fingerprint density at radius 1 is 1.64 bits per heavy atom. The Labute approximate surface area is 99.1 Å². The highest BCUT2D eigenvalue weighted by molar-refractivity contribution is 14.1. The Hall–Kier alpha value is -0.820. The van der Waals surface area contributed by atoms with Crippen LogP contribution in [0.3, 0.4) is 0 Å². The van der Waals surface area contributed by atoms with Crippen LogP contribution in [0.15, 0.2) is 23.4 Å². The third-order valence-corrected chi connectivity index (χ3v) is 2.90. The first-order valence-electron chi connectivity index (χ1n) is 3.57. The number of anilines is 1. The van der Waals surface area contributed by atoms with Crippen LogP contribution in [-0.2, 0) is 4.79 Å². The lowest BCUT2D eigenvalue weighted by Crippen LogP contribution is -2.12. The van der Waals surface area contributed by atoms with Crippen LogP contribution in [0.2, 0.25) is 5.02 Å². The molecule has 6 heteroatoms. The summed E-state index contributed by atoms with van der Waals surface area (Å²) in [6, 6.07) is 5.05. The molecular weight excluding hydrogens is 318 g/mol. The fourth-order valence-corrected chi connectivity index (χ4v) is 1.43. The number of amides is 1. The molecule has 0 saturated carbocycles. The van der Waals surface area contributed by atoms with Gasteiger partial charge in [-0.25, -0.2) is 0 Å². The quantitative estimate of drug-likeness (QED) is 0.380. The van der Waals surface area contributed by atoms with Gasteiger partial charge in [-0.15, -0.1) is 0 Å². The van der Waals surface area contributed by atoms with Crippen LogP contribution in [-0.4, -0.2) is 17.3 Å². The topological polar surface area (TPSA) is 61.7 Å². The maximum absolute atomic E-state index is 11.0. The van der Waals surface area contributed by atoms with Gasteiger partial charge in [0.15, 0.2) is 0 Å². The molecule has 0 atom stereocenters. The fraction of sp³-hybridized carbons (Fsp3) is 0. The molecular formula is C8H6ClIN2O2. The number of carbonyl (C=O) groups excluding carboxylic acids is 1. The molecule has 1 rings (SSSR count). The fourth-order valence-electron chi connectivity index (χ4n) is 0.801. The molecule has 0 aliphatic carbocycles. The van der Waals surface area contributed by atoms with Gasteiger partial charge in [-0.1, -0.05) is 16.8 Å². The Morgan fingerprint density at radius 2 is 2.36 bits per heavy atom. The summed E-state index contributed by atoms with van der Waals surface area (Å²) in [6.07, 6.45) is 0.779. The van der Waals surface area contributed by atoms with Crippen LogP contribution in [0, 0.1) is 3.57 Å². The van der Waals surface area contributed by atoms with Gasteiger partial charge in [0.25, 0.3) is 5.91 Å². The van der Waals surface area contributed by atoms with Crippen molar-refractivity contribution in [2.24, 2.45) is 5.16 Å². The van der Waals surface area contributed by atoms with E-state index in [9.17, 15) is 4.79 Å². The summed E-state index contributed by atoms with van der Waals surface area (Å²) in [5.74, 6) is -0.495. The van der Waals surface area contributed by atoms with E-state index in [0.717, 1.165) is 9.78 Å². The number of nitrogens with one attached hydrogen (secondary N) is 1. The zero-order valence-corrected chi connectivity index (χ0v) is 9.78. The number of hydrogen-bond donors (Lipinski definition) is 2. The summed E-state index contributed by atoms with van der Waals surface area (Å²) < 4.78 is 0.836. The maximum atomic E-state index is 11.0. The molecule has 0 radical (unpaired) electrons. The highest BCUT2D eigenvalue weighted by atomic mass is 127. The van der Waals surface area contributed by atoms with E-state index in [-0.39, 0.29) is 0 Å². The summed E-state index contributed by atoms with van der Waals surface area (Å²) in [4.78, 5) is 11.0. The SMILES string of the molecule is O=C(/C=N\O)Nc1ccc(Cl)c(I)c1. The second-order valence-electron chi connectivity index (χ2n) is 2.36. The number of nitrogens with zero attached hydrogens (tertiary/aromatic N) is 1. The molecule has 74 valence electrons. The zero-order valence-electron chi connectivity index (χ0n) is 6.87. The average Bonchev–Trinajstić information content (AvgIpc) is 2.12. The predicted octanol–water partition coefficient (Wildman–Crippen LogP) is 2.34. The molecule has 0 unspecified atom stereocenters. The van der Waals surface area contributed by atoms with Crippen LogP contribution < -0.4 is 5.32 Å². The van der Waals surface area contributed by atoms with E-state index in [2.05, 4.69) is 33.1 Å². The molecule has 1 aromatic carbocycles. The Bertz CT molecular complexity index is 382. The number of halogens is 2. The molecule has 0 bridgehead atoms. The molecule has 0 aliphatic heterocycles. The van der Waals surface area contributed by atoms with Gasteiger partial charge in [-0.2, -0.15) is 0 Å². The molecule has 0 spiro atoms. The summed E-state index contributed by atoms with van der Waals surface area (Å²) in [5.41, 5.74) is 0.601. The van der Waals surface area contributed by atoms with Gasteiger partial charge in [0.2, 0.25) is 0 Å². The lowest BCUT2D eigenvalue weighted by atomic mass is 10.3. The monoisotopic (exact) mass is 324 g/mol. The summed E-state index contributed by atoms with van der Waals surface area (Å²) in [6.45, 7) is 0. The van der Waals surface area contributed by atoms with Crippen molar-refractivity contribution < 1.29 is 10.0 Å². The predicted molar refractivity (Wildman–Crippen MR) is 63.1 cm³/mol. The van der Waals surface area contributed by atoms with Crippen molar-refractivity contribution in [1.29, 1.82) is 0 Å². The first-order valence-corrected chi connectivity index (χ1v) is 5.02. The molecule has 0 aromatic heterocycles. The summed E-state index contributed by atoms with van der Waals surface area (Å²) in [5, 5.41) is 13.8. The number of hydrogen-bond acceptors (Lipinski definition) is 3. The molecule has 14 heavy (non-hydrogen) atoms. The van der Waals surface area contributed by atoms with Crippen molar-refractivity contribution in [2.75, 3.05) is 5.32 Å². The summed E-state index contributed by atoms with van der Waals surface area (Å²) in [7, 11) is 0. The lowest BCUT2D eigenvalue weighted by molar-refractivity contribution is -0.110. The normalized spacial score (nSPS) is 10.4. The van der Waals surface area contributed by atoms with E-state index in [4.69, 9.17) is 16.8 Å². The molecule has 1 amide bonds. The van der Waals surface area contributed by atoms with Crippen LogP contribution in [0.5, 0.6) is 0 Å². The third kappa shape index (κ3) is 3.15. The number of oxime groups is 1. The third-order valence-electron chi connectivity index (χ3n) is 1.36. The van der Waals surface area contributed by atoms with E-state index < -0.39 is 5.91 Å². The van der Waals surface area contributed by atoms with Crippen molar-refractivity contribution in [2.45, 2.75) is 0 Å². The molecule has 4 nitrogen and oxygen atoms in total. The summed E-state index contributed by atoms with van der Waals surface area (Å²) >= 11 is 7.84. The minimum Gasteiger partial charge on any atom is -0.411 e. The molecule has 0 saturated heterocycles. The van der Waals surface area contributed by atoms with Crippen molar-refractivity contribution in [3.05, 3.63) is 26.8 Å². The van der Waals surface area contributed by atoms with Gasteiger partial charge >= 0.3 is 0 Å². The maximum Gasteiger partial charge on any atom is 0.270 e. The Kier molecular flexibility index (Phi) is 4.15. The van der Waals surface area contributed by atoms with Gasteiger partial charge in [0.05, 0.1) is 5.02 Å². The Morgan fingerprint density at radius 3 is 2.93 bits per heavy atom. The van der Waals surface area contributed by atoms with E-state index in [1.807, 2.05) is 0 Å². The second kappa shape index (κ2) is 5.16. The lowest BCUT2D eigenvalue weighted by Gasteiger charge is -2.02. The van der Waals surface area contributed by atoms with Crippen LogP contribution in [0.1, 0.15) is 0 Å². The van der Waals surface area contributed by atoms with Crippen molar-refractivity contribution in [3.8, 4) is 0 Å². The standard InChI is InChI=1S/C8H6ClIN2O2/c9-6-2-1-5(3-7(6)10)12-8(13)4-11-14/h1-4,14H,(H,12,13)/b11-4-. The molecule has 2 N–H and O–H groups in total. The highest BCUT2D eigenvalue weighted by Crippen LogP contribution is 2.21. The van der Waals surface area contributed by atoms with Crippen molar-refractivity contribution in [3.63, 3.8) is 0 Å². The van der Waals surface area contributed by atoms with E-state index in [1.165, 1.54) is 0 Å². The minimum atomic E-state index is -0.495. The number of benzene rings is 1. The largest absolute Gasteiger partial charge is 0.411 e. The van der Waals surface area contributed by atoms with Gasteiger partial charge in [0, 0.05) is 9.26 Å². The zero-order chi connectivity index (χ0) is 10.6. The second-order valence-corrected chi connectivity index (χ2v) is 3.93. The van der Waals surface area contributed by atoms with Crippen molar-refractivity contribution >= 4 is 52.0 Å². The highest BCUT2D eigenvalue weighted by Gasteiger charge is 2.01. The number of carbonyl (C=O) groups is 1. The van der Waals surface area contributed by atoms with Gasteiger partial charge in [-0.05, 0) is 40.8 Å². The number of rotatable bonds is 2. The van der Waals surface area contributed by atoms with Crippen LogP contribution in [0.4, 0.5) is 5.69 Å². The average molecular weight is 325 g/mol. The van der Waals surface area contributed by atoms with Crippen molar-refractivity contribution in [1.82, 2.24) is 0 Å². The van der Waals surface area contributed by atoms with Gasteiger partial charge < -0.3 is 10.5 Å². The van der Waals surface area contributed by atoms with Gasteiger partial charge in [-0.3, -0.25) is 4.79 Å². The first kappa shape index (κ1) is 11.3. The van der Waals surface area contributed by atoms with E-state index >= 15 is 0 Å². The Balaban J connectivity index is 2.78. The molecule has 1 aromatic rings. The first-order chi connectivity index (χ1) is 6.63. The van der Waals surface area contributed by atoms with Crippen LogP contribution in [0.25, 0.3) is 0 Å². The molecule has 0 aliphatic rings. The van der Waals surface area contributed by atoms with E-state index in [0.29, 0.717) is 10.7 Å². The molecule has 0 fully saturated rings. The van der Waals surface area contributed by atoms with E-state index in [1.54, 1.807) is 18.2 Å². The molecule has 0 heterocycles. The van der Waals surface area contributed by atoms with Crippen LogP contribution >= 0.6 is 34.2 Å². The smallest absolute Gasteiger partial charge is 0.270 e. The minimum absolute atomic E-state index is 0.495.